The molecular formula is C15H11Cl2NS2. The van der Waals surface area contributed by atoms with E-state index in [0.717, 1.165) is 20.4 Å². The average molecular weight is 340 g/mol. The summed E-state index contributed by atoms with van der Waals surface area (Å²) < 4.78 is 0. The molecule has 1 nitrogen and oxygen atoms in total. The highest BCUT2D eigenvalue weighted by molar-refractivity contribution is 8.00. The van der Waals surface area contributed by atoms with Gasteiger partial charge in [-0.3, -0.25) is 0 Å². The highest BCUT2D eigenvalue weighted by Crippen LogP contribution is 2.38. The zero-order chi connectivity index (χ0) is 14.5. The van der Waals surface area contributed by atoms with Gasteiger partial charge in [-0.25, -0.2) is 0 Å². The first-order chi connectivity index (χ1) is 9.65. The Hall–Kier alpha value is -0.790. The lowest BCUT2D eigenvalue weighted by atomic mass is 10.2. The summed E-state index contributed by atoms with van der Waals surface area (Å²) in [7, 11) is 0. The Morgan fingerprint density at radius 3 is 2.55 bits per heavy atom. The zero-order valence-corrected chi connectivity index (χ0v) is 13.8. The summed E-state index contributed by atoms with van der Waals surface area (Å²) in [5.74, 6) is 0.931. The topological polar surface area (TPSA) is 23.8 Å². The van der Waals surface area contributed by atoms with E-state index in [1.807, 2.05) is 24.3 Å². The molecule has 0 saturated heterocycles. The second-order valence-electron chi connectivity index (χ2n) is 3.85. The van der Waals surface area contributed by atoms with E-state index >= 15 is 0 Å². The van der Waals surface area contributed by atoms with E-state index < -0.39 is 0 Å². The average Bonchev–Trinajstić information content (AvgIpc) is 2.43. The summed E-state index contributed by atoms with van der Waals surface area (Å²) in [6.07, 6.45) is 0. The third-order valence-electron chi connectivity index (χ3n) is 2.51. The molecule has 5 heteroatoms. The van der Waals surface area contributed by atoms with Gasteiger partial charge in [0.25, 0.3) is 0 Å². The standard InChI is InChI=1S/C15H11Cl2NS2/c1-2-19-13-4-3-5-14(11(13)9-18)20-15-8-10(16)6-7-12(15)17/h3-8H,2H2,1H3. The highest BCUT2D eigenvalue weighted by Gasteiger charge is 2.11. The van der Waals surface area contributed by atoms with Crippen LogP contribution in [-0.2, 0) is 0 Å². The van der Waals surface area contributed by atoms with Gasteiger partial charge in [-0.2, -0.15) is 5.26 Å². The summed E-state index contributed by atoms with van der Waals surface area (Å²) in [5, 5.41) is 10.7. The van der Waals surface area contributed by atoms with Crippen molar-refractivity contribution in [3.05, 3.63) is 52.0 Å². The van der Waals surface area contributed by atoms with Gasteiger partial charge in [0.2, 0.25) is 0 Å². The van der Waals surface area contributed by atoms with Crippen molar-refractivity contribution in [2.24, 2.45) is 0 Å². The molecule has 0 unspecified atom stereocenters. The fraction of sp³-hybridized carbons (Fsp3) is 0.133. The van der Waals surface area contributed by atoms with Crippen molar-refractivity contribution in [3.63, 3.8) is 0 Å². The van der Waals surface area contributed by atoms with Crippen molar-refractivity contribution in [2.75, 3.05) is 5.75 Å². The molecule has 2 rings (SSSR count). The van der Waals surface area contributed by atoms with E-state index in [9.17, 15) is 5.26 Å². The number of benzene rings is 2. The Labute approximate surface area is 137 Å². The summed E-state index contributed by atoms with van der Waals surface area (Å²) in [6.45, 7) is 2.07. The minimum atomic E-state index is 0.634. The third kappa shape index (κ3) is 3.65. The van der Waals surface area contributed by atoms with E-state index in [1.165, 1.54) is 11.8 Å². The van der Waals surface area contributed by atoms with Crippen molar-refractivity contribution in [1.29, 1.82) is 5.26 Å². The fourth-order valence-corrected chi connectivity index (χ4v) is 3.97. The van der Waals surface area contributed by atoms with Gasteiger partial charge in [0.15, 0.2) is 0 Å². The van der Waals surface area contributed by atoms with Crippen LogP contribution in [0.3, 0.4) is 0 Å². The van der Waals surface area contributed by atoms with Gasteiger partial charge in [0.05, 0.1) is 10.6 Å². The number of hydrogen-bond donors (Lipinski definition) is 0. The molecule has 0 radical (unpaired) electrons. The van der Waals surface area contributed by atoms with E-state index in [0.29, 0.717) is 15.6 Å². The molecule has 0 aliphatic heterocycles. The molecular weight excluding hydrogens is 329 g/mol. The molecule has 2 aromatic rings. The van der Waals surface area contributed by atoms with Crippen molar-refractivity contribution in [3.8, 4) is 6.07 Å². The Morgan fingerprint density at radius 1 is 1.10 bits per heavy atom. The van der Waals surface area contributed by atoms with Crippen LogP contribution in [0.2, 0.25) is 10.0 Å². The van der Waals surface area contributed by atoms with E-state index in [-0.39, 0.29) is 0 Å². The SMILES string of the molecule is CCSc1cccc(Sc2cc(Cl)ccc2Cl)c1C#N. The zero-order valence-electron chi connectivity index (χ0n) is 10.7. The number of halogens is 2. The summed E-state index contributed by atoms with van der Waals surface area (Å²) in [5.41, 5.74) is 0.695. The molecule has 0 fully saturated rings. The lowest BCUT2D eigenvalue weighted by molar-refractivity contribution is 1.25. The highest BCUT2D eigenvalue weighted by atomic mass is 35.5. The smallest absolute Gasteiger partial charge is 0.101 e. The Bertz CT molecular complexity index is 665. The van der Waals surface area contributed by atoms with Gasteiger partial charge >= 0.3 is 0 Å². The molecule has 0 N–H and O–H groups in total. The number of hydrogen-bond acceptors (Lipinski definition) is 3. The van der Waals surface area contributed by atoms with Crippen LogP contribution in [0.5, 0.6) is 0 Å². The molecule has 0 aliphatic carbocycles. The lowest BCUT2D eigenvalue weighted by Gasteiger charge is -2.09. The molecule has 20 heavy (non-hydrogen) atoms. The number of thioether (sulfide) groups is 1. The summed E-state index contributed by atoms with van der Waals surface area (Å²) >= 11 is 15.3. The first-order valence-corrected chi connectivity index (χ1v) is 8.50. The molecule has 0 heterocycles. The molecule has 0 bridgehead atoms. The van der Waals surface area contributed by atoms with Gasteiger partial charge < -0.3 is 0 Å². The molecule has 102 valence electrons. The molecule has 0 atom stereocenters. The van der Waals surface area contributed by atoms with Crippen LogP contribution in [-0.4, -0.2) is 5.75 Å². The maximum absolute atomic E-state index is 9.39. The quantitative estimate of drug-likeness (QED) is 0.626. The van der Waals surface area contributed by atoms with Gasteiger partial charge in [0, 0.05) is 19.7 Å². The molecule has 0 aromatic heterocycles. The molecule has 2 aromatic carbocycles. The lowest BCUT2D eigenvalue weighted by Crippen LogP contribution is -1.87. The number of nitriles is 1. The van der Waals surface area contributed by atoms with Crippen LogP contribution in [0.15, 0.2) is 51.1 Å². The Kier molecular flexibility index (Phi) is 5.68. The molecule has 0 amide bonds. The van der Waals surface area contributed by atoms with Crippen molar-refractivity contribution >= 4 is 46.7 Å². The predicted octanol–water partition coefficient (Wildman–Crippen LogP) is 6.13. The third-order valence-corrected chi connectivity index (χ3v) is 5.25. The largest absolute Gasteiger partial charge is 0.192 e. The molecule has 0 spiro atoms. The monoisotopic (exact) mass is 339 g/mol. The van der Waals surface area contributed by atoms with Crippen molar-refractivity contribution < 1.29 is 0 Å². The first-order valence-electron chi connectivity index (χ1n) is 5.94. The van der Waals surface area contributed by atoms with Crippen LogP contribution in [0.4, 0.5) is 0 Å². The van der Waals surface area contributed by atoms with Crippen molar-refractivity contribution in [1.82, 2.24) is 0 Å². The van der Waals surface area contributed by atoms with E-state index in [4.69, 9.17) is 23.2 Å². The first kappa shape index (κ1) is 15.6. The Balaban J connectivity index is 2.41. The van der Waals surface area contributed by atoms with E-state index in [1.54, 1.807) is 23.9 Å². The van der Waals surface area contributed by atoms with Crippen LogP contribution >= 0.6 is 46.7 Å². The minimum Gasteiger partial charge on any atom is -0.192 e. The minimum absolute atomic E-state index is 0.634. The van der Waals surface area contributed by atoms with Crippen LogP contribution in [0.25, 0.3) is 0 Å². The summed E-state index contributed by atoms with van der Waals surface area (Å²) in [4.78, 5) is 2.75. The summed E-state index contributed by atoms with van der Waals surface area (Å²) in [6, 6.07) is 13.5. The molecule has 0 saturated carbocycles. The normalized spacial score (nSPS) is 10.3. The van der Waals surface area contributed by atoms with Gasteiger partial charge in [-0.05, 0) is 36.1 Å². The van der Waals surface area contributed by atoms with Crippen LogP contribution in [0.1, 0.15) is 12.5 Å². The van der Waals surface area contributed by atoms with Gasteiger partial charge in [-0.15, -0.1) is 11.8 Å². The van der Waals surface area contributed by atoms with E-state index in [2.05, 4.69) is 13.0 Å². The Morgan fingerprint density at radius 2 is 1.85 bits per heavy atom. The number of nitrogens with zero attached hydrogens (tertiary/aromatic N) is 1. The maximum Gasteiger partial charge on any atom is 0.101 e. The second-order valence-corrected chi connectivity index (χ2v) is 7.08. The fourth-order valence-electron chi connectivity index (χ4n) is 1.66. The van der Waals surface area contributed by atoms with Crippen LogP contribution < -0.4 is 0 Å². The maximum atomic E-state index is 9.39. The number of rotatable bonds is 4. The van der Waals surface area contributed by atoms with Crippen LogP contribution in [0, 0.1) is 11.3 Å². The second kappa shape index (κ2) is 7.28. The van der Waals surface area contributed by atoms with Gasteiger partial charge in [-0.1, -0.05) is 48.0 Å². The van der Waals surface area contributed by atoms with Crippen molar-refractivity contribution in [2.45, 2.75) is 21.6 Å². The van der Waals surface area contributed by atoms with Gasteiger partial charge in [0.1, 0.15) is 6.07 Å². The molecule has 0 aliphatic rings. The predicted molar refractivity (Wildman–Crippen MR) is 88.1 cm³/mol.